The van der Waals surface area contributed by atoms with Crippen molar-refractivity contribution in [3.05, 3.63) is 0 Å². The molecule has 0 atom stereocenters. The summed E-state index contributed by atoms with van der Waals surface area (Å²) in [5, 5.41) is 0. The molecule has 0 saturated heterocycles. The molecule has 5 heavy (non-hydrogen) atoms. The number of hydrogen-bond donors (Lipinski definition) is 0. The Morgan fingerprint density at radius 2 is 1.00 bits per heavy atom. The second kappa shape index (κ2) is 22.5. The molecular weight excluding hydrogens is 681 g/mol. The maximum atomic E-state index is 0. The Kier molecular flexibility index (Phi) is 136. The summed E-state index contributed by atoms with van der Waals surface area (Å²) in [6, 6.07) is 0. The van der Waals surface area contributed by atoms with Crippen LogP contribution in [0.5, 0.6) is 0 Å². The minimum absolute atomic E-state index is 0. The second-order valence-corrected chi connectivity index (χ2v) is 0. The Morgan fingerprint density at radius 3 is 1.00 bits per heavy atom. The van der Waals surface area contributed by atoms with Gasteiger partial charge in [-0.15, -0.1) is 0 Å². The van der Waals surface area contributed by atoms with Crippen molar-refractivity contribution in [2.24, 2.45) is 0 Å². The van der Waals surface area contributed by atoms with Gasteiger partial charge < -0.3 is 0 Å². The van der Waals surface area contributed by atoms with Gasteiger partial charge in [0.25, 0.3) is 0 Å². The normalized spacial score (nSPS) is 0. The van der Waals surface area contributed by atoms with Crippen LogP contribution in [0.25, 0.3) is 0 Å². The summed E-state index contributed by atoms with van der Waals surface area (Å²) in [7, 11) is 0. The quantitative estimate of drug-likeness (QED) is 0.317. The van der Waals surface area contributed by atoms with E-state index in [1.54, 1.807) is 0 Å². The molecule has 0 unspecified atom stereocenters. The largest absolute Gasteiger partial charge is 0 e. The number of hydrogen-bond acceptors (Lipinski definition) is 0. The molecule has 0 aromatic rings. The van der Waals surface area contributed by atoms with Gasteiger partial charge >= 0.3 is 0 Å². The SMILES string of the molecule is [Eu].[La].[Mo].[Nd].[Sm]. The third kappa shape index (κ3) is 17.8. The molecule has 2 radical (unpaired) electrons. The van der Waals surface area contributed by atoms with Crippen LogP contribution >= 0.6 is 0 Å². The first-order valence-electron chi connectivity index (χ1n) is 0. The molecule has 0 aliphatic heterocycles. The minimum Gasteiger partial charge on any atom is 0 e. The minimum atomic E-state index is 0. The van der Waals surface area contributed by atoms with Crippen molar-refractivity contribution in [1.29, 1.82) is 0 Å². The van der Waals surface area contributed by atoms with Crippen LogP contribution < -0.4 is 0 Å². The van der Waals surface area contributed by atoms with Crippen LogP contribution in [0.1, 0.15) is 0 Å². The van der Waals surface area contributed by atoms with Crippen molar-refractivity contribution in [3.8, 4) is 0 Å². The van der Waals surface area contributed by atoms with Crippen LogP contribution in [0.2, 0.25) is 0 Å². The van der Waals surface area contributed by atoms with Gasteiger partial charge in [-0.05, 0) is 0 Å². The van der Waals surface area contributed by atoms with Crippen LogP contribution in [0.15, 0.2) is 0 Å². The zero-order chi connectivity index (χ0) is 0. The first-order valence-corrected chi connectivity index (χ1v) is 0. The molecule has 0 amide bonds. The summed E-state index contributed by atoms with van der Waals surface area (Å²) in [5.41, 5.74) is 0. The van der Waals surface area contributed by atoms with Crippen molar-refractivity contribution in [3.63, 3.8) is 0 Å². The van der Waals surface area contributed by atoms with Crippen molar-refractivity contribution in [2.75, 3.05) is 0 Å². The summed E-state index contributed by atoms with van der Waals surface area (Å²) in [5.74, 6) is 0. The fourth-order valence-corrected chi connectivity index (χ4v) is 0. The zero-order valence-corrected chi connectivity index (χ0v) is 16.2. The molecule has 0 aromatic carbocycles. The molecule has 26 valence electrons. The maximum Gasteiger partial charge on any atom is 0 e. The van der Waals surface area contributed by atoms with Gasteiger partial charge in [0.05, 0.1) is 0 Å². The van der Waals surface area contributed by atoms with E-state index < -0.39 is 0 Å². The van der Waals surface area contributed by atoms with E-state index in [0.717, 1.165) is 0 Å². The summed E-state index contributed by atoms with van der Waals surface area (Å²) in [6.07, 6.45) is 0. The fraction of sp³-hybridized carbons (Fsp3) is 0. The van der Waals surface area contributed by atoms with E-state index in [4.69, 9.17) is 0 Å². The van der Waals surface area contributed by atoms with Crippen LogP contribution in [0.4, 0.5) is 0 Å². The Morgan fingerprint density at radius 1 is 1.00 bits per heavy atom. The van der Waals surface area contributed by atoms with Gasteiger partial charge in [0.2, 0.25) is 0 Å². The molecule has 0 aromatic heterocycles. The van der Waals surface area contributed by atoms with Crippen LogP contribution in [0, 0.1) is 166 Å². The Bertz CT molecular complexity index is 11.6. The first kappa shape index (κ1) is 30.4. The van der Waals surface area contributed by atoms with Crippen molar-refractivity contribution >= 4 is 0 Å². The molecule has 0 heterocycles. The third-order valence-corrected chi connectivity index (χ3v) is 0. The molecule has 0 rings (SSSR count). The molecule has 0 fully saturated rings. The molecule has 0 N–H and O–H groups in total. The Hall–Kier alpha value is 6.16. The predicted octanol–water partition coefficient (Wildman–Crippen LogP) is -0.00250. The van der Waals surface area contributed by atoms with Crippen molar-refractivity contribution in [2.45, 2.75) is 0 Å². The molecule has 0 aliphatic carbocycles. The Balaban J connectivity index is 0. The van der Waals surface area contributed by atoms with Crippen molar-refractivity contribution < 1.29 is 187 Å². The topological polar surface area (TPSA) is 0 Å². The summed E-state index contributed by atoms with van der Waals surface area (Å²) >= 11 is 0. The molecule has 0 nitrogen and oxygen atoms in total. The van der Waals surface area contributed by atoms with Gasteiger partial charge in [0.15, 0.2) is 0 Å². The van der Waals surface area contributed by atoms with E-state index in [-0.39, 0.29) is 187 Å². The van der Waals surface area contributed by atoms with Gasteiger partial charge in [-0.1, -0.05) is 0 Å². The molecular formula is EuLaMoNdSm. The molecule has 0 spiro atoms. The first-order chi connectivity index (χ1) is 0. The van der Waals surface area contributed by atoms with Crippen LogP contribution in [-0.2, 0) is 21.1 Å². The second-order valence-electron chi connectivity index (χ2n) is 0. The fourth-order valence-electron chi connectivity index (χ4n) is 0. The van der Waals surface area contributed by atoms with E-state index in [2.05, 4.69) is 0 Å². The van der Waals surface area contributed by atoms with Crippen LogP contribution in [0.3, 0.4) is 0 Å². The monoisotopic (exact) mass is 684 g/mol. The van der Waals surface area contributed by atoms with Gasteiger partial charge in [0, 0.05) is 187 Å². The molecule has 5 heteroatoms. The smallest absolute Gasteiger partial charge is 0 e. The summed E-state index contributed by atoms with van der Waals surface area (Å²) < 4.78 is 0. The van der Waals surface area contributed by atoms with E-state index in [1.807, 2.05) is 0 Å². The van der Waals surface area contributed by atoms with Gasteiger partial charge in [0.1, 0.15) is 0 Å². The average molecular weight is 681 g/mol. The zero-order valence-electron chi connectivity index (χ0n) is 2.27. The predicted molar refractivity (Wildman–Crippen MR) is 0 cm³/mol. The molecule has 0 saturated carbocycles. The van der Waals surface area contributed by atoms with E-state index >= 15 is 0 Å². The molecule has 0 aliphatic rings. The van der Waals surface area contributed by atoms with E-state index in [0.29, 0.717) is 0 Å². The Labute approximate surface area is 181 Å². The van der Waals surface area contributed by atoms with Crippen molar-refractivity contribution in [1.82, 2.24) is 0 Å². The van der Waals surface area contributed by atoms with Gasteiger partial charge in [-0.25, -0.2) is 0 Å². The third-order valence-electron chi connectivity index (χ3n) is 0. The standard InChI is InChI=1S/Eu.La.Mo.Nd.Sm. The van der Waals surface area contributed by atoms with E-state index in [1.165, 1.54) is 0 Å². The summed E-state index contributed by atoms with van der Waals surface area (Å²) in [4.78, 5) is 0. The number of rotatable bonds is 0. The van der Waals surface area contributed by atoms with Crippen LogP contribution in [-0.4, -0.2) is 0 Å². The molecule has 0 bridgehead atoms. The van der Waals surface area contributed by atoms with E-state index in [9.17, 15) is 0 Å². The van der Waals surface area contributed by atoms with Gasteiger partial charge in [-0.3, -0.25) is 0 Å². The maximum absolute atomic E-state index is 0. The summed E-state index contributed by atoms with van der Waals surface area (Å²) in [6.45, 7) is 0. The van der Waals surface area contributed by atoms with Gasteiger partial charge in [-0.2, -0.15) is 0 Å². The average Bonchev–Trinajstić information content (AvgIpc) is 0.